The van der Waals surface area contributed by atoms with Crippen LogP contribution in [0.3, 0.4) is 0 Å². The standard InChI is InChI=1S/C8H12N2S2/c1-6-2-3-10-8(12-6)7-4-9-5-11-7/h4-6,8,10H,2-3H2,1H3. The van der Waals surface area contributed by atoms with Crippen molar-refractivity contribution in [2.45, 2.75) is 24.0 Å². The molecule has 2 unspecified atom stereocenters. The van der Waals surface area contributed by atoms with E-state index in [0.29, 0.717) is 5.37 Å². The monoisotopic (exact) mass is 200 g/mol. The molecule has 2 rings (SSSR count). The van der Waals surface area contributed by atoms with Crippen molar-refractivity contribution in [3.63, 3.8) is 0 Å². The number of hydrogen-bond donors (Lipinski definition) is 1. The molecule has 0 aromatic carbocycles. The first-order valence-corrected chi connectivity index (χ1v) is 5.96. The summed E-state index contributed by atoms with van der Waals surface area (Å²) in [6.45, 7) is 3.43. The highest BCUT2D eigenvalue weighted by Crippen LogP contribution is 2.35. The fourth-order valence-electron chi connectivity index (χ4n) is 1.29. The predicted octanol–water partition coefficient (Wildman–Crippen LogP) is 2.26. The number of thiazole rings is 1. The minimum absolute atomic E-state index is 0.487. The third kappa shape index (κ3) is 1.81. The number of rotatable bonds is 1. The smallest absolute Gasteiger partial charge is 0.0901 e. The first kappa shape index (κ1) is 8.53. The molecule has 4 heteroatoms. The van der Waals surface area contributed by atoms with E-state index in [9.17, 15) is 0 Å². The van der Waals surface area contributed by atoms with Gasteiger partial charge in [-0.3, -0.25) is 4.98 Å². The number of thioether (sulfide) groups is 1. The zero-order valence-corrected chi connectivity index (χ0v) is 8.62. The molecule has 0 aliphatic carbocycles. The summed E-state index contributed by atoms with van der Waals surface area (Å²) in [4.78, 5) is 5.44. The van der Waals surface area contributed by atoms with Crippen LogP contribution in [0.2, 0.25) is 0 Å². The summed E-state index contributed by atoms with van der Waals surface area (Å²) in [5, 5.41) is 4.75. The normalized spacial score (nSPS) is 30.4. The molecule has 1 aromatic rings. The van der Waals surface area contributed by atoms with E-state index in [-0.39, 0.29) is 0 Å². The third-order valence-corrected chi connectivity index (χ3v) is 4.34. The van der Waals surface area contributed by atoms with Gasteiger partial charge in [0.1, 0.15) is 0 Å². The minimum Gasteiger partial charge on any atom is -0.301 e. The predicted molar refractivity (Wildman–Crippen MR) is 54.5 cm³/mol. The summed E-state index contributed by atoms with van der Waals surface area (Å²) in [6.07, 6.45) is 3.24. The molecule has 1 saturated heterocycles. The van der Waals surface area contributed by atoms with Gasteiger partial charge in [0.15, 0.2) is 0 Å². The molecule has 0 saturated carbocycles. The number of aromatic nitrogens is 1. The molecule has 1 aromatic heterocycles. The van der Waals surface area contributed by atoms with Gasteiger partial charge < -0.3 is 5.32 Å². The quantitative estimate of drug-likeness (QED) is 0.752. The first-order valence-electron chi connectivity index (χ1n) is 4.13. The van der Waals surface area contributed by atoms with E-state index < -0.39 is 0 Å². The van der Waals surface area contributed by atoms with Gasteiger partial charge in [0.05, 0.1) is 15.8 Å². The van der Waals surface area contributed by atoms with Crippen LogP contribution in [0.25, 0.3) is 0 Å². The van der Waals surface area contributed by atoms with Crippen LogP contribution in [0.5, 0.6) is 0 Å². The lowest BCUT2D eigenvalue weighted by Crippen LogP contribution is -2.28. The molecule has 0 radical (unpaired) electrons. The molecular weight excluding hydrogens is 188 g/mol. The van der Waals surface area contributed by atoms with E-state index in [4.69, 9.17) is 0 Å². The van der Waals surface area contributed by atoms with E-state index in [1.807, 2.05) is 23.5 Å². The van der Waals surface area contributed by atoms with Gasteiger partial charge in [-0.05, 0) is 13.0 Å². The van der Waals surface area contributed by atoms with E-state index in [1.54, 1.807) is 11.3 Å². The van der Waals surface area contributed by atoms with Crippen LogP contribution >= 0.6 is 23.1 Å². The van der Waals surface area contributed by atoms with E-state index >= 15 is 0 Å². The van der Waals surface area contributed by atoms with Gasteiger partial charge in [-0.1, -0.05) is 6.92 Å². The molecule has 2 heterocycles. The Bertz CT molecular complexity index is 235. The average molecular weight is 200 g/mol. The second-order valence-electron chi connectivity index (χ2n) is 2.97. The highest BCUT2D eigenvalue weighted by Gasteiger charge is 2.20. The maximum absolute atomic E-state index is 4.09. The van der Waals surface area contributed by atoms with E-state index in [2.05, 4.69) is 17.2 Å². The van der Waals surface area contributed by atoms with Crippen LogP contribution in [0.4, 0.5) is 0 Å². The van der Waals surface area contributed by atoms with Crippen molar-refractivity contribution in [1.29, 1.82) is 0 Å². The Morgan fingerprint density at radius 1 is 1.67 bits per heavy atom. The van der Waals surface area contributed by atoms with Crippen molar-refractivity contribution in [3.05, 3.63) is 16.6 Å². The van der Waals surface area contributed by atoms with Crippen molar-refractivity contribution in [2.75, 3.05) is 6.54 Å². The first-order chi connectivity index (χ1) is 5.86. The van der Waals surface area contributed by atoms with Crippen LogP contribution in [0.15, 0.2) is 11.7 Å². The lowest BCUT2D eigenvalue weighted by molar-refractivity contribution is 0.610. The van der Waals surface area contributed by atoms with Crippen molar-refractivity contribution >= 4 is 23.1 Å². The van der Waals surface area contributed by atoms with Crippen molar-refractivity contribution in [2.24, 2.45) is 0 Å². The van der Waals surface area contributed by atoms with Crippen molar-refractivity contribution < 1.29 is 0 Å². The largest absolute Gasteiger partial charge is 0.301 e. The number of nitrogens with zero attached hydrogens (tertiary/aromatic N) is 1. The van der Waals surface area contributed by atoms with Crippen LogP contribution in [-0.2, 0) is 0 Å². The third-order valence-electron chi connectivity index (χ3n) is 1.96. The Labute approximate surface area is 80.8 Å². The molecule has 0 spiro atoms. The molecule has 1 aliphatic rings. The molecule has 2 nitrogen and oxygen atoms in total. The second-order valence-corrected chi connectivity index (χ2v) is 5.44. The fourth-order valence-corrected chi connectivity index (χ4v) is 3.32. The summed E-state index contributed by atoms with van der Waals surface area (Å²) >= 11 is 3.74. The van der Waals surface area contributed by atoms with Gasteiger partial charge in [0.2, 0.25) is 0 Å². The van der Waals surface area contributed by atoms with Gasteiger partial charge in [-0.15, -0.1) is 23.1 Å². The zero-order chi connectivity index (χ0) is 8.39. The van der Waals surface area contributed by atoms with Gasteiger partial charge in [0, 0.05) is 11.4 Å². The maximum atomic E-state index is 4.09. The van der Waals surface area contributed by atoms with E-state index in [0.717, 1.165) is 11.8 Å². The highest BCUT2D eigenvalue weighted by molar-refractivity contribution is 8.00. The second kappa shape index (κ2) is 3.77. The molecule has 1 N–H and O–H groups in total. The van der Waals surface area contributed by atoms with Crippen molar-refractivity contribution in [3.8, 4) is 0 Å². The Morgan fingerprint density at radius 2 is 2.58 bits per heavy atom. The summed E-state index contributed by atoms with van der Waals surface area (Å²) in [7, 11) is 0. The molecule has 66 valence electrons. The number of nitrogens with one attached hydrogen (secondary N) is 1. The van der Waals surface area contributed by atoms with Gasteiger partial charge >= 0.3 is 0 Å². The Kier molecular flexibility index (Phi) is 2.68. The van der Waals surface area contributed by atoms with Crippen LogP contribution in [-0.4, -0.2) is 16.8 Å². The average Bonchev–Trinajstić information content (AvgIpc) is 2.56. The summed E-state index contributed by atoms with van der Waals surface area (Å²) < 4.78 is 0. The Morgan fingerprint density at radius 3 is 3.25 bits per heavy atom. The summed E-state index contributed by atoms with van der Waals surface area (Å²) in [5.41, 5.74) is 1.90. The topological polar surface area (TPSA) is 24.9 Å². The van der Waals surface area contributed by atoms with Crippen molar-refractivity contribution in [1.82, 2.24) is 10.3 Å². The number of hydrogen-bond acceptors (Lipinski definition) is 4. The van der Waals surface area contributed by atoms with E-state index in [1.165, 1.54) is 11.3 Å². The summed E-state index contributed by atoms with van der Waals surface area (Å²) in [5.74, 6) is 0. The van der Waals surface area contributed by atoms with Gasteiger partial charge in [-0.2, -0.15) is 0 Å². The lowest BCUT2D eigenvalue weighted by atomic mass is 10.3. The molecular formula is C8H12N2S2. The van der Waals surface area contributed by atoms with Gasteiger partial charge in [-0.25, -0.2) is 0 Å². The maximum Gasteiger partial charge on any atom is 0.0901 e. The molecule has 0 amide bonds. The molecule has 2 atom stereocenters. The lowest BCUT2D eigenvalue weighted by Gasteiger charge is -2.26. The van der Waals surface area contributed by atoms with Crippen LogP contribution in [0, 0.1) is 0 Å². The van der Waals surface area contributed by atoms with Crippen LogP contribution < -0.4 is 5.32 Å². The zero-order valence-electron chi connectivity index (χ0n) is 6.99. The van der Waals surface area contributed by atoms with Gasteiger partial charge in [0.25, 0.3) is 0 Å². The fraction of sp³-hybridized carbons (Fsp3) is 0.625. The summed E-state index contributed by atoms with van der Waals surface area (Å²) in [6, 6.07) is 0. The minimum atomic E-state index is 0.487. The molecule has 1 aliphatic heterocycles. The molecule has 0 bridgehead atoms. The Hall–Kier alpha value is -0.0600. The molecule has 12 heavy (non-hydrogen) atoms. The molecule has 1 fully saturated rings. The highest BCUT2D eigenvalue weighted by atomic mass is 32.2. The Balaban J connectivity index is 2.04. The SMILES string of the molecule is CC1CCNC(c2cncs2)S1. The van der Waals surface area contributed by atoms with Crippen LogP contribution in [0.1, 0.15) is 23.6 Å².